The van der Waals surface area contributed by atoms with Gasteiger partial charge >= 0.3 is 6.03 Å². The average molecular weight is 654 g/mol. The first-order chi connectivity index (χ1) is 21.2. The van der Waals surface area contributed by atoms with Crippen molar-refractivity contribution in [2.24, 2.45) is 17.8 Å². The third-order valence-corrected chi connectivity index (χ3v) is 12.8. The number of urea groups is 1. The van der Waals surface area contributed by atoms with Crippen LogP contribution in [-0.4, -0.2) is 124 Å². The zero-order valence-corrected chi connectivity index (χ0v) is 27.5. The molecule has 4 N–H and O–H groups in total. The van der Waals surface area contributed by atoms with Crippen molar-refractivity contribution >= 4 is 41.2 Å². The van der Waals surface area contributed by atoms with Crippen molar-refractivity contribution < 1.29 is 18.8 Å². The number of carbonyl (C=O) groups is 3. The molecular weight excluding hydrogens is 605 g/mol. The second-order valence-electron chi connectivity index (χ2n) is 13.8. The van der Waals surface area contributed by atoms with E-state index in [0.717, 1.165) is 25.8 Å². The molecule has 2 bridgehead atoms. The molecule has 5 saturated heterocycles. The van der Waals surface area contributed by atoms with E-state index >= 15 is 4.39 Å². The second-order valence-corrected chi connectivity index (χ2v) is 15.7. The Hall–Kier alpha value is -1.60. The Labute approximate surface area is 270 Å². The van der Waals surface area contributed by atoms with Gasteiger partial charge in [-0.25, -0.2) is 9.18 Å². The highest BCUT2D eigenvalue weighted by Crippen LogP contribution is 2.43. The molecule has 1 aliphatic carbocycles. The Balaban J connectivity index is 1.37. The Kier molecular flexibility index (Phi) is 10.0. The fourth-order valence-corrected chi connectivity index (χ4v) is 10.7. The molecule has 4 amide bonds. The average Bonchev–Trinajstić information content (AvgIpc) is 3.01. The quantitative estimate of drug-likeness (QED) is 0.273. The molecule has 11 atom stereocenters. The van der Waals surface area contributed by atoms with Gasteiger partial charge in [-0.2, -0.15) is 11.8 Å². The fourth-order valence-electron chi connectivity index (χ4n) is 8.84. The van der Waals surface area contributed by atoms with Crippen LogP contribution in [0.25, 0.3) is 0 Å². The Morgan fingerprint density at radius 2 is 1.89 bits per heavy atom. The van der Waals surface area contributed by atoms with Crippen molar-refractivity contribution in [2.75, 3.05) is 38.5 Å². The van der Waals surface area contributed by atoms with Gasteiger partial charge < -0.3 is 25.8 Å². The van der Waals surface area contributed by atoms with Crippen molar-refractivity contribution in [3.63, 3.8) is 0 Å². The normalized spacial score (nSPS) is 42.1. The second kappa shape index (κ2) is 13.6. The van der Waals surface area contributed by atoms with Crippen molar-refractivity contribution in [2.45, 2.75) is 106 Å². The molecule has 0 spiro atoms. The number of piperazine rings is 1. The number of fused-ring (bicyclic) bond motifs is 5. The van der Waals surface area contributed by atoms with Gasteiger partial charge in [0.15, 0.2) is 0 Å². The zero-order valence-electron chi connectivity index (χ0n) is 25.9. The third-order valence-electron chi connectivity index (χ3n) is 11.0. The van der Waals surface area contributed by atoms with E-state index < -0.39 is 18.1 Å². The van der Waals surface area contributed by atoms with Crippen LogP contribution in [0.15, 0.2) is 12.7 Å². The maximum Gasteiger partial charge on any atom is 0.320 e. The zero-order chi connectivity index (χ0) is 31.1. The molecule has 0 aromatic rings. The molecule has 6 rings (SSSR count). The number of piperidine rings is 2. The van der Waals surface area contributed by atoms with E-state index in [4.69, 9.17) is 11.6 Å². The van der Waals surface area contributed by atoms with Gasteiger partial charge in [0.1, 0.15) is 6.17 Å². The molecule has 246 valence electrons. The minimum absolute atomic E-state index is 0.0313. The van der Waals surface area contributed by atoms with Gasteiger partial charge in [0.2, 0.25) is 11.8 Å². The van der Waals surface area contributed by atoms with Crippen molar-refractivity contribution in [3.05, 3.63) is 12.7 Å². The number of hydrogen-bond donors (Lipinski definition) is 4. The lowest BCUT2D eigenvalue weighted by Crippen LogP contribution is -2.80. The fraction of sp³-hybridized carbons (Fsp3) is 0.839. The van der Waals surface area contributed by atoms with Gasteiger partial charge in [0, 0.05) is 78.9 Å². The molecule has 5 aliphatic heterocycles. The van der Waals surface area contributed by atoms with E-state index in [9.17, 15) is 14.4 Å². The van der Waals surface area contributed by atoms with Gasteiger partial charge in [-0.3, -0.25) is 19.8 Å². The standard InChI is InChI=1S/C31H49ClFN7O3S/c1-4-24(42)38-11-13-39(14-12-38)29-18-16-19(32)27-25-20(33)6-5-7-21(25)35-23(41)9-15-44-22-8-10-34-26(17(2)3)28(22)40(30(18)36-27)31(43)37-29/h4,17-22,25-30,34,36H,1,5-16H2,2-3H3,(H,35,41)(H,37,43). The predicted molar refractivity (Wildman–Crippen MR) is 171 cm³/mol. The highest BCUT2D eigenvalue weighted by molar-refractivity contribution is 8.00. The van der Waals surface area contributed by atoms with E-state index in [1.807, 2.05) is 4.90 Å². The van der Waals surface area contributed by atoms with Crippen LogP contribution in [0.2, 0.25) is 0 Å². The molecule has 6 fully saturated rings. The summed E-state index contributed by atoms with van der Waals surface area (Å²) in [4.78, 5) is 45.9. The minimum atomic E-state index is -1.09. The van der Waals surface area contributed by atoms with Crippen molar-refractivity contribution in [1.29, 1.82) is 0 Å². The molecule has 10 nitrogen and oxygen atoms in total. The topological polar surface area (TPSA) is 109 Å². The lowest BCUT2D eigenvalue weighted by Gasteiger charge is -2.59. The summed E-state index contributed by atoms with van der Waals surface area (Å²) >= 11 is 9.03. The van der Waals surface area contributed by atoms with Gasteiger partial charge in [-0.15, -0.1) is 11.6 Å². The molecule has 11 unspecified atom stereocenters. The van der Waals surface area contributed by atoms with Gasteiger partial charge in [0.25, 0.3) is 0 Å². The first-order valence-corrected chi connectivity index (χ1v) is 18.1. The summed E-state index contributed by atoms with van der Waals surface area (Å²) in [6.45, 7) is 11.3. The number of amides is 4. The van der Waals surface area contributed by atoms with E-state index in [1.165, 1.54) is 6.08 Å². The molecule has 6 aliphatic rings. The SMILES string of the molecule is C=CC(=O)N1CCN(C2NC(=O)N3C4NC(C(Cl)CC24)C2C(F)CCCC2NC(=O)CCSC2CCNC(C(C)C)C23)CC1. The van der Waals surface area contributed by atoms with Gasteiger partial charge in [0.05, 0.1) is 18.4 Å². The Morgan fingerprint density at radius 1 is 1.11 bits per heavy atom. The highest BCUT2D eigenvalue weighted by atomic mass is 35.5. The van der Waals surface area contributed by atoms with Crippen LogP contribution in [0.3, 0.4) is 0 Å². The summed E-state index contributed by atoms with van der Waals surface area (Å²) in [6, 6.07) is -0.850. The van der Waals surface area contributed by atoms with Crippen molar-refractivity contribution in [1.82, 2.24) is 36.0 Å². The maximum absolute atomic E-state index is 15.9. The minimum Gasteiger partial charge on any atom is -0.353 e. The number of halogens is 2. The highest BCUT2D eigenvalue weighted by Gasteiger charge is 2.56. The first-order valence-electron chi connectivity index (χ1n) is 16.6. The number of carbonyl (C=O) groups excluding carboxylic acids is 3. The lowest BCUT2D eigenvalue weighted by atomic mass is 9.73. The first kappa shape index (κ1) is 32.3. The molecule has 0 aromatic heterocycles. The number of nitrogens with one attached hydrogen (secondary N) is 4. The van der Waals surface area contributed by atoms with E-state index in [-0.39, 0.29) is 70.8 Å². The lowest BCUT2D eigenvalue weighted by molar-refractivity contribution is -0.129. The van der Waals surface area contributed by atoms with E-state index in [1.54, 1.807) is 16.7 Å². The van der Waals surface area contributed by atoms with Crippen LogP contribution < -0.4 is 21.3 Å². The van der Waals surface area contributed by atoms with Crippen LogP contribution in [0.4, 0.5) is 9.18 Å². The summed E-state index contributed by atoms with van der Waals surface area (Å²) in [5.41, 5.74) is 0. The van der Waals surface area contributed by atoms with Crippen LogP contribution in [0, 0.1) is 17.8 Å². The van der Waals surface area contributed by atoms with Crippen molar-refractivity contribution in [3.8, 4) is 0 Å². The molecule has 0 radical (unpaired) electrons. The molecule has 1 saturated carbocycles. The molecule has 5 heterocycles. The van der Waals surface area contributed by atoms with Gasteiger partial charge in [-0.05, 0) is 50.6 Å². The van der Waals surface area contributed by atoms with E-state index in [2.05, 4.69) is 46.6 Å². The molecule has 44 heavy (non-hydrogen) atoms. The predicted octanol–water partition coefficient (Wildman–Crippen LogP) is 2.09. The smallest absolute Gasteiger partial charge is 0.320 e. The number of rotatable bonds is 3. The molecular formula is C31H49ClFN7O3S. The van der Waals surface area contributed by atoms with E-state index in [0.29, 0.717) is 51.2 Å². The maximum atomic E-state index is 15.9. The van der Waals surface area contributed by atoms with Crippen LogP contribution in [0.5, 0.6) is 0 Å². The summed E-state index contributed by atoms with van der Waals surface area (Å²) in [5, 5.41) is 13.9. The number of nitrogens with zero attached hydrogens (tertiary/aromatic N) is 3. The monoisotopic (exact) mass is 653 g/mol. The number of thioether (sulfide) groups is 1. The number of hydrogen-bond acceptors (Lipinski definition) is 7. The molecule has 0 aromatic carbocycles. The summed E-state index contributed by atoms with van der Waals surface area (Å²) in [5.74, 6) is 0.307. The summed E-state index contributed by atoms with van der Waals surface area (Å²) < 4.78 is 15.9. The Bertz CT molecular complexity index is 1100. The Morgan fingerprint density at radius 3 is 2.61 bits per heavy atom. The number of alkyl halides is 2. The van der Waals surface area contributed by atoms with Gasteiger partial charge in [-0.1, -0.05) is 20.4 Å². The van der Waals surface area contributed by atoms with Crippen LogP contribution in [-0.2, 0) is 9.59 Å². The van der Waals surface area contributed by atoms with Crippen LogP contribution >= 0.6 is 23.4 Å². The largest absolute Gasteiger partial charge is 0.353 e. The van der Waals surface area contributed by atoms with Crippen LogP contribution in [0.1, 0.15) is 52.4 Å². The molecule has 13 heteroatoms. The third kappa shape index (κ3) is 6.22. The summed E-state index contributed by atoms with van der Waals surface area (Å²) in [6.07, 6.45) is 3.42. The summed E-state index contributed by atoms with van der Waals surface area (Å²) in [7, 11) is 0.